The summed E-state index contributed by atoms with van der Waals surface area (Å²) in [5.41, 5.74) is -1.79. The van der Waals surface area contributed by atoms with Gasteiger partial charge in [0.15, 0.2) is 29.7 Å². The highest BCUT2D eigenvalue weighted by atomic mass is 32.2. The van der Waals surface area contributed by atoms with E-state index in [1.54, 1.807) is 0 Å². The normalized spacial score (nSPS) is 31.2. The van der Waals surface area contributed by atoms with E-state index in [1.807, 2.05) is 4.98 Å². The molecule has 3 heterocycles. The lowest BCUT2D eigenvalue weighted by Crippen LogP contribution is -2.62. The van der Waals surface area contributed by atoms with E-state index in [9.17, 15) is 57.9 Å². The van der Waals surface area contributed by atoms with Crippen LogP contribution in [0.4, 0.5) is 0 Å². The Labute approximate surface area is 273 Å². The number of hydrogen-bond donors (Lipinski definition) is 5. The summed E-state index contributed by atoms with van der Waals surface area (Å²) in [5.74, 6) is -3.32. The first-order valence-electron chi connectivity index (χ1n) is 13.5. The number of carbonyl (C=O) groups is 4. The number of nitrogens with zero attached hydrogens (tertiary/aromatic N) is 1. The fraction of sp³-hybridized carbons (Fsp3) is 0.652. The van der Waals surface area contributed by atoms with E-state index in [2.05, 4.69) is 8.83 Å². The molecular formula is C23H32N2O20P2S. The molecule has 22 nitrogen and oxygen atoms in total. The maximum absolute atomic E-state index is 12.9. The van der Waals surface area contributed by atoms with E-state index in [0.717, 1.165) is 33.0 Å². The Kier molecular flexibility index (Phi) is 13.4. The minimum Gasteiger partial charge on any atom is -0.456 e. The predicted molar refractivity (Wildman–Crippen MR) is 153 cm³/mol. The molecular weight excluding hydrogens is 718 g/mol. The third-order valence-electron chi connectivity index (χ3n) is 6.26. The number of aromatic amines is 1. The Morgan fingerprint density at radius 2 is 1.46 bits per heavy atom. The van der Waals surface area contributed by atoms with Gasteiger partial charge in [0, 0.05) is 45.7 Å². The van der Waals surface area contributed by atoms with Crippen LogP contribution in [0.5, 0.6) is 0 Å². The van der Waals surface area contributed by atoms with Crippen LogP contribution in [0.1, 0.15) is 33.9 Å². The van der Waals surface area contributed by atoms with Crippen LogP contribution in [-0.4, -0.2) is 114 Å². The molecule has 270 valence electrons. The summed E-state index contributed by atoms with van der Waals surface area (Å²) >= 11 is 0.643. The number of phosphoric ester groups is 2. The topological polar surface area (TPSA) is 312 Å². The number of carbonyl (C=O) groups excluding carboxylic acids is 4. The number of ether oxygens (including phenoxy) is 5. The lowest BCUT2D eigenvalue weighted by molar-refractivity contribution is -0.282. The molecule has 0 amide bonds. The van der Waals surface area contributed by atoms with Gasteiger partial charge in [-0.3, -0.25) is 42.6 Å². The number of phosphoric acid groups is 2. The van der Waals surface area contributed by atoms with Crippen LogP contribution in [-0.2, 0) is 65.4 Å². The molecule has 5 N–H and O–H groups in total. The number of thioether (sulfide) groups is 1. The SMILES string of the molecule is CC(=O)O[C@H]1[C@@H](OC(C)=O)[C@@H](CSC(C)=O)O[C@H](OP(=O)(O)OP(=O)(O)OC[C@H]2O[C@@H](n3ccc(=O)[nH]c3=O)[C@H](O)[C@@H]2O)[C@@H]1OC(C)=O. The summed E-state index contributed by atoms with van der Waals surface area (Å²) < 4.78 is 66.5. The molecule has 2 unspecified atom stereocenters. The molecule has 2 aliphatic heterocycles. The van der Waals surface area contributed by atoms with Crippen molar-refractivity contribution >= 4 is 50.4 Å². The van der Waals surface area contributed by atoms with Crippen molar-refractivity contribution in [2.45, 2.75) is 82.9 Å². The minimum absolute atomic E-state index is 0.322. The van der Waals surface area contributed by atoms with E-state index < -0.39 is 112 Å². The monoisotopic (exact) mass is 750 g/mol. The Morgan fingerprint density at radius 1 is 0.875 bits per heavy atom. The zero-order chi connectivity index (χ0) is 36.1. The van der Waals surface area contributed by atoms with Crippen molar-refractivity contribution in [3.8, 4) is 0 Å². The number of aliphatic hydroxyl groups excluding tert-OH is 2. The third kappa shape index (κ3) is 10.9. The lowest BCUT2D eigenvalue weighted by Gasteiger charge is -2.44. The van der Waals surface area contributed by atoms with E-state index in [0.29, 0.717) is 16.3 Å². The lowest BCUT2D eigenvalue weighted by atomic mass is 9.99. The van der Waals surface area contributed by atoms with E-state index in [1.165, 1.54) is 6.92 Å². The van der Waals surface area contributed by atoms with E-state index in [4.69, 9.17) is 28.2 Å². The van der Waals surface area contributed by atoms with Gasteiger partial charge in [-0.1, -0.05) is 11.8 Å². The average Bonchev–Trinajstić information content (AvgIpc) is 3.21. The van der Waals surface area contributed by atoms with Gasteiger partial charge in [0.1, 0.15) is 24.4 Å². The van der Waals surface area contributed by atoms with E-state index >= 15 is 0 Å². The van der Waals surface area contributed by atoms with Gasteiger partial charge in [-0.2, -0.15) is 4.31 Å². The number of H-pyrrole nitrogens is 1. The molecule has 0 radical (unpaired) electrons. The number of hydrogen-bond acceptors (Lipinski definition) is 19. The first kappa shape index (κ1) is 39.6. The molecule has 0 bridgehead atoms. The third-order valence-corrected chi connectivity index (χ3v) is 9.76. The molecule has 0 aromatic carbocycles. The van der Waals surface area contributed by atoms with Gasteiger partial charge in [-0.25, -0.2) is 13.9 Å². The van der Waals surface area contributed by atoms with Gasteiger partial charge in [0.05, 0.1) is 6.61 Å². The highest BCUT2D eigenvalue weighted by Gasteiger charge is 2.55. The smallest absolute Gasteiger partial charge is 0.456 e. The van der Waals surface area contributed by atoms with Crippen LogP contribution >= 0.6 is 27.4 Å². The minimum atomic E-state index is -5.80. The largest absolute Gasteiger partial charge is 0.483 e. The predicted octanol–water partition coefficient (Wildman–Crippen LogP) is -1.79. The van der Waals surface area contributed by atoms with Gasteiger partial charge < -0.3 is 43.7 Å². The number of rotatable bonds is 13. The summed E-state index contributed by atoms with van der Waals surface area (Å²) in [6.45, 7) is 2.91. The van der Waals surface area contributed by atoms with Gasteiger partial charge >= 0.3 is 39.2 Å². The van der Waals surface area contributed by atoms with Crippen molar-refractivity contribution in [2.24, 2.45) is 0 Å². The second kappa shape index (κ2) is 16.3. The summed E-state index contributed by atoms with van der Waals surface area (Å²) in [6, 6.07) is 0.916. The second-order valence-electron chi connectivity index (χ2n) is 10.1. The zero-order valence-corrected chi connectivity index (χ0v) is 27.9. The first-order valence-corrected chi connectivity index (χ1v) is 17.5. The van der Waals surface area contributed by atoms with Crippen molar-refractivity contribution in [3.05, 3.63) is 33.1 Å². The van der Waals surface area contributed by atoms with Crippen LogP contribution in [0.3, 0.4) is 0 Å². The number of aliphatic hydroxyl groups is 2. The molecule has 0 aliphatic carbocycles. The first-order chi connectivity index (χ1) is 22.2. The van der Waals surface area contributed by atoms with Crippen molar-refractivity contribution in [1.82, 2.24) is 9.55 Å². The number of nitrogens with one attached hydrogen (secondary N) is 1. The summed E-state index contributed by atoms with van der Waals surface area (Å²) in [7, 11) is -11.4. The fourth-order valence-electron chi connectivity index (χ4n) is 4.47. The van der Waals surface area contributed by atoms with Crippen LogP contribution < -0.4 is 11.2 Å². The molecule has 25 heteroatoms. The van der Waals surface area contributed by atoms with Crippen molar-refractivity contribution in [2.75, 3.05) is 12.4 Å². The summed E-state index contributed by atoms with van der Waals surface area (Å²) in [6.07, 6.45) is -14.9. The molecule has 1 aromatic heterocycles. The average molecular weight is 751 g/mol. The molecule has 0 spiro atoms. The molecule has 2 fully saturated rings. The Morgan fingerprint density at radius 3 is 2.02 bits per heavy atom. The van der Waals surface area contributed by atoms with E-state index in [-0.39, 0.29) is 5.75 Å². The number of esters is 3. The molecule has 3 rings (SSSR count). The highest BCUT2D eigenvalue weighted by Crippen LogP contribution is 2.61. The van der Waals surface area contributed by atoms with Crippen LogP contribution in [0, 0.1) is 0 Å². The molecule has 1 aromatic rings. The zero-order valence-electron chi connectivity index (χ0n) is 25.3. The van der Waals surface area contributed by atoms with Gasteiger partial charge in [0.2, 0.25) is 6.29 Å². The van der Waals surface area contributed by atoms with Crippen LogP contribution in [0.2, 0.25) is 0 Å². The van der Waals surface area contributed by atoms with Gasteiger partial charge in [-0.15, -0.1) is 0 Å². The standard InChI is InChI=1S/C23H32N2O20P2S/c1-9(26)39-18-14(8-48-12(4)29)43-22(20(41-11(3)28)19(18)40-10(2)27)44-47(36,37)45-46(34,35)38-7-13-16(31)17(32)21(42-13)25-6-5-15(30)24-23(25)33/h5-6,13-14,16-22,31-32H,7-8H2,1-4H3,(H,34,35)(H,36,37)(H,24,30,33)/t13-,14-,16-,17-,18+,19+,20-,21-,22-/m1/s1. The van der Waals surface area contributed by atoms with Crippen LogP contribution in [0.15, 0.2) is 21.9 Å². The summed E-state index contributed by atoms with van der Waals surface area (Å²) in [4.78, 5) is 93.2. The molecule has 11 atom stereocenters. The molecule has 0 saturated carbocycles. The van der Waals surface area contributed by atoms with Crippen molar-refractivity contribution in [3.63, 3.8) is 0 Å². The van der Waals surface area contributed by atoms with Gasteiger partial charge in [-0.05, 0) is 0 Å². The maximum Gasteiger partial charge on any atom is 0.483 e. The quantitative estimate of drug-likeness (QED) is 0.0844. The van der Waals surface area contributed by atoms with Crippen molar-refractivity contribution in [1.29, 1.82) is 0 Å². The highest BCUT2D eigenvalue weighted by molar-refractivity contribution is 8.13. The molecule has 2 saturated heterocycles. The Bertz CT molecular complexity index is 1580. The molecule has 2 aliphatic rings. The maximum atomic E-state index is 12.9. The van der Waals surface area contributed by atoms with Crippen LogP contribution in [0.25, 0.3) is 0 Å². The Balaban J connectivity index is 1.79. The van der Waals surface area contributed by atoms with Crippen molar-refractivity contribution < 1.29 is 85.4 Å². The van der Waals surface area contributed by atoms with Gasteiger partial charge in [0.25, 0.3) is 5.56 Å². The second-order valence-corrected chi connectivity index (χ2v) is 14.2. The summed E-state index contributed by atoms with van der Waals surface area (Å²) in [5, 5.41) is 20.2. The fourth-order valence-corrected chi connectivity index (χ4v) is 7.29. The Hall–Kier alpha value is -2.79. The number of aromatic nitrogens is 2. The molecule has 48 heavy (non-hydrogen) atoms.